The van der Waals surface area contributed by atoms with E-state index >= 15 is 0 Å². The van der Waals surface area contributed by atoms with Gasteiger partial charge in [-0.25, -0.2) is 10.3 Å². The number of rotatable bonds is 7. The Labute approximate surface area is 135 Å². The summed E-state index contributed by atoms with van der Waals surface area (Å²) in [5.74, 6) is -1.53. The zero-order valence-corrected chi connectivity index (χ0v) is 14.3. The van der Waals surface area contributed by atoms with Crippen LogP contribution in [-0.4, -0.2) is 64.5 Å². The number of hydrogen-bond acceptors (Lipinski definition) is 6. The minimum atomic E-state index is -1.58. The van der Waals surface area contributed by atoms with E-state index in [1.54, 1.807) is 20.8 Å². The lowest BCUT2D eigenvalue weighted by atomic mass is 10.2. The van der Waals surface area contributed by atoms with E-state index in [0.29, 0.717) is 0 Å². The first kappa shape index (κ1) is 21.1. The SMILES string of the molecule is CC(C)CN(CC(O)C(=O)NO)C(=O)NCC(=O)OC(C)(C)C. The Hall–Kier alpha value is -1.87. The van der Waals surface area contributed by atoms with Gasteiger partial charge >= 0.3 is 12.0 Å². The highest BCUT2D eigenvalue weighted by Gasteiger charge is 2.24. The summed E-state index contributed by atoms with van der Waals surface area (Å²) in [6.45, 7) is 8.46. The molecule has 0 saturated heterocycles. The first-order valence-corrected chi connectivity index (χ1v) is 7.33. The molecule has 1 atom stereocenters. The van der Waals surface area contributed by atoms with Crippen molar-refractivity contribution in [1.29, 1.82) is 0 Å². The molecule has 23 heavy (non-hydrogen) atoms. The second-order valence-electron chi connectivity index (χ2n) is 6.54. The minimum absolute atomic E-state index is 0.0756. The van der Waals surface area contributed by atoms with Crippen molar-refractivity contribution in [2.45, 2.75) is 46.3 Å². The van der Waals surface area contributed by atoms with Gasteiger partial charge in [0.25, 0.3) is 5.91 Å². The number of carbonyl (C=O) groups excluding carboxylic acids is 3. The van der Waals surface area contributed by atoms with E-state index in [9.17, 15) is 19.5 Å². The molecule has 0 aromatic rings. The fourth-order valence-electron chi connectivity index (χ4n) is 1.68. The average molecular weight is 333 g/mol. The number of esters is 1. The van der Waals surface area contributed by atoms with Gasteiger partial charge in [-0.1, -0.05) is 13.8 Å². The van der Waals surface area contributed by atoms with Gasteiger partial charge in [-0.05, 0) is 26.7 Å². The van der Waals surface area contributed by atoms with Crippen LogP contribution in [0.2, 0.25) is 0 Å². The Kier molecular flexibility index (Phi) is 8.55. The Morgan fingerprint density at radius 2 is 1.74 bits per heavy atom. The van der Waals surface area contributed by atoms with Crippen LogP contribution in [0, 0.1) is 5.92 Å². The zero-order chi connectivity index (χ0) is 18.2. The predicted molar refractivity (Wildman–Crippen MR) is 81.6 cm³/mol. The number of ether oxygens (including phenoxy) is 1. The van der Waals surface area contributed by atoms with Crippen molar-refractivity contribution in [3.05, 3.63) is 0 Å². The second-order valence-corrected chi connectivity index (χ2v) is 6.54. The van der Waals surface area contributed by atoms with Gasteiger partial charge in [0.05, 0.1) is 6.54 Å². The fraction of sp³-hybridized carbons (Fsp3) is 0.786. The van der Waals surface area contributed by atoms with E-state index < -0.39 is 29.6 Å². The van der Waals surface area contributed by atoms with Crippen molar-refractivity contribution in [2.75, 3.05) is 19.6 Å². The zero-order valence-electron chi connectivity index (χ0n) is 14.3. The standard InChI is InChI=1S/C14H27N3O6/c1-9(2)7-17(8-10(18)12(20)16-22)13(21)15-6-11(19)23-14(3,4)5/h9-10,18,22H,6-8H2,1-5H3,(H,15,21)(H,16,20). The molecule has 4 N–H and O–H groups in total. The maximum Gasteiger partial charge on any atom is 0.325 e. The molecule has 0 aliphatic rings. The highest BCUT2D eigenvalue weighted by Crippen LogP contribution is 2.06. The molecule has 1 unspecified atom stereocenters. The molecule has 0 spiro atoms. The number of amides is 3. The number of nitrogens with one attached hydrogen (secondary N) is 2. The number of hydroxylamine groups is 1. The van der Waals surface area contributed by atoms with Crippen molar-refractivity contribution in [3.63, 3.8) is 0 Å². The summed E-state index contributed by atoms with van der Waals surface area (Å²) in [6, 6.07) is -0.616. The molecular weight excluding hydrogens is 306 g/mol. The maximum atomic E-state index is 12.1. The molecule has 0 aliphatic carbocycles. The molecular formula is C14H27N3O6. The van der Waals surface area contributed by atoms with Crippen LogP contribution in [0.25, 0.3) is 0 Å². The molecule has 9 nitrogen and oxygen atoms in total. The lowest BCUT2D eigenvalue weighted by Gasteiger charge is -2.26. The number of urea groups is 1. The third-order valence-corrected chi connectivity index (χ3v) is 2.48. The van der Waals surface area contributed by atoms with Crippen LogP contribution in [0.5, 0.6) is 0 Å². The van der Waals surface area contributed by atoms with Crippen LogP contribution in [-0.2, 0) is 14.3 Å². The predicted octanol–water partition coefficient (Wildman–Crippen LogP) is -0.138. The number of nitrogens with zero attached hydrogens (tertiary/aromatic N) is 1. The Balaban J connectivity index is 4.63. The molecule has 0 aromatic heterocycles. The molecule has 0 fully saturated rings. The summed E-state index contributed by atoms with van der Waals surface area (Å²) < 4.78 is 5.07. The summed E-state index contributed by atoms with van der Waals surface area (Å²) in [5, 5.41) is 20.5. The van der Waals surface area contributed by atoms with Crippen LogP contribution in [0.4, 0.5) is 4.79 Å². The lowest BCUT2D eigenvalue weighted by Crippen LogP contribution is -2.50. The molecule has 9 heteroatoms. The van der Waals surface area contributed by atoms with Gasteiger partial charge in [0, 0.05) is 6.54 Å². The van der Waals surface area contributed by atoms with Crippen LogP contribution in [0.1, 0.15) is 34.6 Å². The molecule has 0 saturated carbocycles. The average Bonchev–Trinajstić information content (AvgIpc) is 2.40. The molecule has 3 amide bonds. The number of hydrogen-bond donors (Lipinski definition) is 4. The van der Waals surface area contributed by atoms with E-state index in [4.69, 9.17) is 9.94 Å². The summed E-state index contributed by atoms with van der Waals surface area (Å²) in [6.07, 6.45) is -1.58. The second kappa shape index (κ2) is 9.31. The fourth-order valence-corrected chi connectivity index (χ4v) is 1.68. The third kappa shape index (κ3) is 9.69. The van der Waals surface area contributed by atoms with Crippen LogP contribution < -0.4 is 10.8 Å². The lowest BCUT2D eigenvalue weighted by molar-refractivity contribution is -0.153. The maximum absolute atomic E-state index is 12.1. The highest BCUT2D eigenvalue weighted by atomic mass is 16.6. The summed E-state index contributed by atoms with van der Waals surface area (Å²) in [5.41, 5.74) is 0.659. The minimum Gasteiger partial charge on any atom is -0.459 e. The van der Waals surface area contributed by atoms with E-state index in [1.165, 1.54) is 10.4 Å². The van der Waals surface area contributed by atoms with Crippen molar-refractivity contribution < 1.29 is 29.4 Å². The van der Waals surface area contributed by atoms with Gasteiger partial charge in [-0.2, -0.15) is 0 Å². The van der Waals surface area contributed by atoms with Gasteiger partial charge in [0.15, 0.2) is 6.10 Å². The Bertz CT molecular complexity index is 419. The van der Waals surface area contributed by atoms with Gasteiger partial charge in [-0.3, -0.25) is 14.8 Å². The monoisotopic (exact) mass is 333 g/mol. The van der Waals surface area contributed by atoms with Crippen molar-refractivity contribution >= 4 is 17.9 Å². The number of aliphatic hydroxyl groups excluding tert-OH is 1. The molecule has 0 heterocycles. The van der Waals surface area contributed by atoms with Crippen LogP contribution >= 0.6 is 0 Å². The largest absolute Gasteiger partial charge is 0.459 e. The van der Waals surface area contributed by atoms with Crippen molar-refractivity contribution in [3.8, 4) is 0 Å². The molecule has 134 valence electrons. The topological polar surface area (TPSA) is 128 Å². The van der Waals surface area contributed by atoms with Crippen molar-refractivity contribution in [2.24, 2.45) is 5.92 Å². The quantitative estimate of drug-likeness (QED) is 0.292. The van der Waals surface area contributed by atoms with Crippen LogP contribution in [0.3, 0.4) is 0 Å². The number of carbonyl (C=O) groups is 3. The van der Waals surface area contributed by atoms with Gasteiger partial charge in [0.2, 0.25) is 0 Å². The molecule has 0 aromatic carbocycles. The van der Waals surface area contributed by atoms with Gasteiger partial charge in [0.1, 0.15) is 12.1 Å². The smallest absolute Gasteiger partial charge is 0.325 e. The Morgan fingerprint density at radius 3 is 2.17 bits per heavy atom. The van der Waals surface area contributed by atoms with Crippen LogP contribution in [0.15, 0.2) is 0 Å². The Morgan fingerprint density at radius 1 is 1.17 bits per heavy atom. The van der Waals surface area contributed by atoms with E-state index in [-0.39, 0.29) is 25.6 Å². The number of aliphatic hydroxyl groups is 1. The summed E-state index contributed by atoms with van der Waals surface area (Å²) >= 11 is 0. The molecule has 0 aliphatic heterocycles. The van der Waals surface area contributed by atoms with E-state index in [2.05, 4.69) is 5.32 Å². The highest BCUT2D eigenvalue weighted by molar-refractivity contribution is 5.83. The molecule has 0 bridgehead atoms. The molecule has 0 rings (SSSR count). The first-order valence-electron chi connectivity index (χ1n) is 7.33. The summed E-state index contributed by atoms with van der Waals surface area (Å²) in [4.78, 5) is 36.0. The van der Waals surface area contributed by atoms with Gasteiger partial charge in [-0.15, -0.1) is 0 Å². The van der Waals surface area contributed by atoms with Crippen molar-refractivity contribution in [1.82, 2.24) is 15.7 Å². The van der Waals surface area contributed by atoms with E-state index in [1.807, 2.05) is 13.8 Å². The van der Waals surface area contributed by atoms with Gasteiger partial charge < -0.3 is 20.1 Å². The molecule has 0 radical (unpaired) electrons. The normalized spacial score (nSPS) is 12.5. The summed E-state index contributed by atoms with van der Waals surface area (Å²) in [7, 11) is 0. The first-order chi connectivity index (χ1) is 10.5. The third-order valence-electron chi connectivity index (χ3n) is 2.48. The van der Waals surface area contributed by atoms with E-state index in [0.717, 1.165) is 0 Å².